The van der Waals surface area contributed by atoms with E-state index in [9.17, 15) is 12.6 Å². The maximum absolute atomic E-state index is 9.73. The van der Waals surface area contributed by atoms with Crippen molar-refractivity contribution in [1.29, 1.82) is 0 Å². The summed E-state index contributed by atoms with van der Waals surface area (Å²) in [5.41, 5.74) is 0. The van der Waals surface area contributed by atoms with E-state index >= 15 is 0 Å². The molecule has 0 aliphatic heterocycles. The van der Waals surface area contributed by atoms with Crippen molar-refractivity contribution in [1.82, 2.24) is 0 Å². The largest absolute Gasteiger partial charge is 1.00 e. The maximum Gasteiger partial charge on any atom is 1.00 e. The maximum atomic E-state index is 9.73. The second kappa shape index (κ2) is 4.82. The molecule has 0 saturated carbocycles. The molecule has 0 aromatic rings. The summed E-state index contributed by atoms with van der Waals surface area (Å²) in [6.07, 6.45) is 0. The average molecular weight is 95.9 g/mol. The Morgan fingerprint density at radius 3 is 1.20 bits per heavy atom. The van der Waals surface area contributed by atoms with Crippen LogP contribution >= 0.6 is 8.85 Å². The van der Waals surface area contributed by atoms with Crippen LogP contribution in [0.15, 0.2) is 0 Å². The number of rotatable bonds is 0. The van der Waals surface area contributed by atoms with Crippen LogP contribution in [-0.4, -0.2) is 0 Å². The van der Waals surface area contributed by atoms with Crippen LogP contribution in [0.3, 0.4) is 0 Å². The minimum absolute atomic E-state index is 0. The smallest absolute Gasteiger partial charge is 1.00 e. The molecule has 0 N–H and O–H groups in total. The van der Waals surface area contributed by atoms with Gasteiger partial charge in [0.2, 0.25) is 0 Å². The molecule has 0 saturated heterocycles. The molecule has 0 aliphatic rings. The first-order valence-corrected chi connectivity index (χ1v) is 1.52. The van der Waals surface area contributed by atoms with Gasteiger partial charge >= 0.3 is 27.7 Å². The zero-order valence-corrected chi connectivity index (χ0v) is 3.48. The summed E-state index contributed by atoms with van der Waals surface area (Å²) in [6.45, 7) is 0. The number of hydrogen-bond acceptors (Lipinski definition) is 0. The van der Waals surface area contributed by atoms with Crippen LogP contribution in [-0.2, 0) is 0 Å². The predicted molar refractivity (Wildman–Crippen MR) is 11.4 cm³/mol. The molecule has 0 heterocycles. The third-order valence-electron chi connectivity index (χ3n) is 0. The SMILES string of the molecule is FP(F)F.[H-].[Li+]. The van der Waals surface area contributed by atoms with Gasteiger partial charge in [-0.05, 0) is 0 Å². The number of hydrogen-bond donors (Lipinski definition) is 0. The third kappa shape index (κ3) is 57.2. The fourth-order valence-electron chi connectivity index (χ4n) is 0. The van der Waals surface area contributed by atoms with E-state index in [1.54, 1.807) is 0 Å². The monoisotopic (exact) mass is 96.0 g/mol. The van der Waals surface area contributed by atoms with Gasteiger partial charge in [0.1, 0.15) is 0 Å². The molecule has 0 fully saturated rings. The molecule has 28 valence electrons. The Bertz CT molecular complexity index is 15.5. The van der Waals surface area contributed by atoms with Gasteiger partial charge < -0.3 is 1.43 Å². The molecule has 0 aromatic heterocycles. The summed E-state index contributed by atoms with van der Waals surface area (Å²) in [5, 5.41) is 0. The molecule has 0 radical (unpaired) electrons. The first-order chi connectivity index (χ1) is 1.73. The van der Waals surface area contributed by atoms with Gasteiger partial charge in [-0.15, -0.1) is 0 Å². The summed E-state index contributed by atoms with van der Waals surface area (Å²) < 4.78 is 29.2. The molecule has 5 heteroatoms. The van der Waals surface area contributed by atoms with Gasteiger partial charge in [-0.1, -0.05) is 0 Å². The van der Waals surface area contributed by atoms with Crippen LogP contribution in [0.2, 0.25) is 0 Å². The van der Waals surface area contributed by atoms with Crippen molar-refractivity contribution in [3.63, 3.8) is 0 Å². The summed E-state index contributed by atoms with van der Waals surface area (Å²) in [7, 11) is -4.12. The van der Waals surface area contributed by atoms with Crippen molar-refractivity contribution in [3.8, 4) is 0 Å². The molecule has 0 aromatic carbocycles. The van der Waals surface area contributed by atoms with Crippen molar-refractivity contribution >= 4 is 8.85 Å². The molecule has 0 atom stereocenters. The van der Waals surface area contributed by atoms with Gasteiger partial charge in [-0.25, -0.2) is 0 Å². The van der Waals surface area contributed by atoms with E-state index in [1.807, 2.05) is 0 Å². The summed E-state index contributed by atoms with van der Waals surface area (Å²) in [5.74, 6) is 0. The Hall–Kier alpha value is 0.817. The van der Waals surface area contributed by atoms with Crippen molar-refractivity contribution < 1.29 is 32.9 Å². The molecule has 0 spiro atoms. The normalized spacial score (nSPS) is 7.20. The molecule has 0 unspecified atom stereocenters. The van der Waals surface area contributed by atoms with E-state index in [2.05, 4.69) is 0 Å². The summed E-state index contributed by atoms with van der Waals surface area (Å²) in [4.78, 5) is 0. The quantitative estimate of drug-likeness (QED) is 0.274. The van der Waals surface area contributed by atoms with E-state index < -0.39 is 8.85 Å². The minimum atomic E-state index is -4.12. The van der Waals surface area contributed by atoms with Gasteiger partial charge in [0.05, 0.1) is 0 Å². The summed E-state index contributed by atoms with van der Waals surface area (Å²) in [6, 6.07) is 0. The molecular formula is HF3LiP. The fourth-order valence-corrected chi connectivity index (χ4v) is 0. The van der Waals surface area contributed by atoms with Crippen molar-refractivity contribution in [3.05, 3.63) is 0 Å². The van der Waals surface area contributed by atoms with E-state index in [0.29, 0.717) is 0 Å². The Kier molecular flexibility index (Phi) is 8.93. The van der Waals surface area contributed by atoms with Crippen LogP contribution in [0.1, 0.15) is 1.43 Å². The molecule has 0 rings (SSSR count). The van der Waals surface area contributed by atoms with Gasteiger partial charge in [0, 0.05) is 0 Å². The van der Waals surface area contributed by atoms with Crippen molar-refractivity contribution in [2.45, 2.75) is 0 Å². The van der Waals surface area contributed by atoms with Crippen molar-refractivity contribution in [2.75, 3.05) is 0 Å². The standard InChI is InChI=1S/F3P.Li.H/c1-4(2)3;;/q;+1;-1. The Balaban J connectivity index is -0.0000000450. The molecule has 0 amide bonds. The van der Waals surface area contributed by atoms with Crippen LogP contribution in [0.25, 0.3) is 0 Å². The van der Waals surface area contributed by atoms with E-state index in [4.69, 9.17) is 0 Å². The molecule has 0 nitrogen and oxygen atoms in total. The van der Waals surface area contributed by atoms with E-state index in [-0.39, 0.29) is 20.3 Å². The Morgan fingerprint density at radius 1 is 1.20 bits per heavy atom. The Morgan fingerprint density at radius 2 is 1.20 bits per heavy atom. The van der Waals surface area contributed by atoms with E-state index in [0.717, 1.165) is 0 Å². The van der Waals surface area contributed by atoms with Crippen LogP contribution < -0.4 is 18.9 Å². The minimum Gasteiger partial charge on any atom is -1.00 e. The average Bonchev–Trinajstić information content (AvgIpc) is 0.811. The van der Waals surface area contributed by atoms with Crippen LogP contribution in [0.4, 0.5) is 12.6 Å². The molecular weight excluding hydrogens is 94.9 g/mol. The molecule has 0 aliphatic carbocycles. The second-order valence-electron chi connectivity index (χ2n) is 0.192. The third-order valence-corrected chi connectivity index (χ3v) is 0. The van der Waals surface area contributed by atoms with Gasteiger partial charge in [0.25, 0.3) is 0 Å². The van der Waals surface area contributed by atoms with Crippen LogP contribution in [0, 0.1) is 0 Å². The van der Waals surface area contributed by atoms with Crippen molar-refractivity contribution in [2.24, 2.45) is 0 Å². The van der Waals surface area contributed by atoms with Crippen LogP contribution in [0.5, 0.6) is 0 Å². The zero-order valence-electron chi connectivity index (χ0n) is 3.58. The predicted octanol–water partition coefficient (Wildman–Crippen LogP) is -0.762. The Labute approximate surface area is 42.5 Å². The molecule has 5 heavy (non-hydrogen) atoms. The van der Waals surface area contributed by atoms with Gasteiger partial charge in [0.15, 0.2) is 0 Å². The van der Waals surface area contributed by atoms with Gasteiger partial charge in [-0.3, -0.25) is 0 Å². The fraction of sp³-hybridized carbons (Fsp3) is 0. The molecule has 0 bridgehead atoms. The number of halogens is 3. The first-order valence-electron chi connectivity index (χ1n) is 0.507. The zero-order chi connectivity index (χ0) is 3.58. The summed E-state index contributed by atoms with van der Waals surface area (Å²) >= 11 is 0. The topological polar surface area (TPSA) is 0 Å². The first kappa shape index (κ1) is 9.26. The van der Waals surface area contributed by atoms with E-state index in [1.165, 1.54) is 0 Å². The van der Waals surface area contributed by atoms with Gasteiger partial charge in [-0.2, -0.15) is 12.6 Å². The second-order valence-corrected chi connectivity index (χ2v) is 0.575.